The van der Waals surface area contributed by atoms with Crippen molar-refractivity contribution in [1.29, 1.82) is 0 Å². The van der Waals surface area contributed by atoms with Crippen LogP contribution in [-0.4, -0.2) is 12.5 Å². The maximum absolute atomic E-state index is 10.4. The molecule has 0 aliphatic rings. The smallest absolute Gasteiger partial charge is 1.00 e. The van der Waals surface area contributed by atoms with E-state index in [-0.39, 0.29) is 31.0 Å². The second-order valence-electron chi connectivity index (χ2n) is 0.659. The summed E-state index contributed by atoms with van der Waals surface area (Å²) in [6, 6.07) is 0. The van der Waals surface area contributed by atoms with Gasteiger partial charge in [0.15, 0.2) is 0 Å². The molecule has 0 heterocycles. The fourth-order valence-electron chi connectivity index (χ4n) is 0. The van der Waals surface area contributed by atoms with Crippen LogP contribution in [0.3, 0.4) is 0 Å². The van der Waals surface area contributed by atoms with Crippen LogP contribution in [0.15, 0.2) is 0 Å². The van der Waals surface area contributed by atoms with Crippen molar-refractivity contribution in [3.05, 3.63) is 0 Å². The van der Waals surface area contributed by atoms with Gasteiger partial charge in [0.2, 0.25) is 6.29 Å². The zero-order valence-electron chi connectivity index (χ0n) is 4.62. The molecule has 0 aromatic rings. The van der Waals surface area contributed by atoms with Gasteiger partial charge in [0.1, 0.15) is 0 Å². The first-order valence-corrected chi connectivity index (χ1v) is 1.09. The molecule has 0 aromatic carbocycles. The Hall–Kier alpha value is 0.460. The van der Waals surface area contributed by atoms with Crippen molar-refractivity contribution in [2.24, 2.45) is 0 Å². The average molecular weight is 122 g/mol. The van der Waals surface area contributed by atoms with Crippen molar-refractivity contribution in [3.8, 4) is 0 Å². The number of alkyl halides is 3. The molecule has 7 heavy (non-hydrogen) atoms. The molecule has 0 aromatic heterocycles. The number of rotatable bonds is 0. The van der Waals surface area contributed by atoms with E-state index in [0.29, 0.717) is 0 Å². The van der Waals surface area contributed by atoms with Crippen LogP contribution >= 0.6 is 0 Å². The molecule has 5 heteroatoms. The van der Waals surface area contributed by atoms with Gasteiger partial charge >= 0.3 is 35.7 Å². The summed E-state index contributed by atoms with van der Waals surface area (Å²) in [6.45, 7) is 0. The molecule has 0 bridgehead atoms. The Bertz CT molecular complexity index is 62.8. The van der Waals surface area contributed by atoms with E-state index in [0.717, 1.165) is 0 Å². The Morgan fingerprint density at radius 3 is 1.57 bits per heavy atom. The molecule has 38 valence electrons. The van der Waals surface area contributed by atoms with E-state index >= 15 is 0 Å². The van der Waals surface area contributed by atoms with Gasteiger partial charge in [0.05, 0.1) is 0 Å². The van der Waals surface area contributed by atoms with Gasteiger partial charge in [0.25, 0.3) is 0 Å². The van der Waals surface area contributed by atoms with Crippen LogP contribution in [-0.2, 0) is 4.79 Å². The number of carbonyl (C=O) groups excluding carboxylic acids is 1. The molecule has 0 aliphatic heterocycles. The summed E-state index contributed by atoms with van der Waals surface area (Å²) in [7, 11) is 0. The summed E-state index contributed by atoms with van der Waals surface area (Å²) < 4.78 is 31.2. The maximum atomic E-state index is 10.4. The van der Waals surface area contributed by atoms with E-state index in [1.165, 1.54) is 0 Å². The van der Waals surface area contributed by atoms with Crippen molar-refractivity contribution in [2.75, 3.05) is 0 Å². The summed E-state index contributed by atoms with van der Waals surface area (Å²) in [6.07, 6.45) is -5.70. The SMILES string of the molecule is O=CC(F)(F)F.[H-].[Na+]. The monoisotopic (exact) mass is 122 g/mol. The van der Waals surface area contributed by atoms with E-state index in [1.54, 1.807) is 0 Å². The van der Waals surface area contributed by atoms with Crippen molar-refractivity contribution in [3.63, 3.8) is 0 Å². The van der Waals surface area contributed by atoms with Gasteiger partial charge in [-0.25, -0.2) is 0 Å². The van der Waals surface area contributed by atoms with Crippen LogP contribution in [0.5, 0.6) is 0 Å². The van der Waals surface area contributed by atoms with Gasteiger partial charge in [-0.2, -0.15) is 13.2 Å². The average Bonchev–Trinajstić information content (AvgIpc) is 1.35. The molecule has 0 unspecified atom stereocenters. The zero-order chi connectivity index (χ0) is 5.21. The first kappa shape index (κ1) is 10.4. The third-order valence-corrected chi connectivity index (χ3v) is 0.134. The number of aldehydes is 1. The molecule has 0 N–H and O–H groups in total. The van der Waals surface area contributed by atoms with Gasteiger partial charge in [-0.3, -0.25) is 4.79 Å². The predicted molar refractivity (Wildman–Crippen MR) is 13.2 cm³/mol. The first-order valence-electron chi connectivity index (χ1n) is 1.09. The molecule has 0 amide bonds. The fraction of sp³-hybridized carbons (Fsp3) is 0.500. The summed E-state index contributed by atoms with van der Waals surface area (Å²) in [4.78, 5) is 8.70. The topological polar surface area (TPSA) is 17.1 Å². The molecule has 0 spiro atoms. The van der Waals surface area contributed by atoms with Gasteiger partial charge in [-0.15, -0.1) is 0 Å². The minimum absolute atomic E-state index is 0. The van der Waals surface area contributed by atoms with Crippen LogP contribution in [0.4, 0.5) is 13.2 Å². The Morgan fingerprint density at radius 2 is 1.57 bits per heavy atom. The molecule has 1 nitrogen and oxygen atoms in total. The van der Waals surface area contributed by atoms with E-state index in [4.69, 9.17) is 4.79 Å². The molecule has 0 rings (SSSR count). The second-order valence-corrected chi connectivity index (χ2v) is 0.659. The van der Waals surface area contributed by atoms with Gasteiger partial charge in [-0.1, -0.05) is 0 Å². The number of carbonyl (C=O) groups is 1. The molecule has 0 atom stereocenters. The van der Waals surface area contributed by atoms with E-state index in [1.807, 2.05) is 0 Å². The minimum Gasteiger partial charge on any atom is -1.00 e. The summed E-state index contributed by atoms with van der Waals surface area (Å²) in [5.74, 6) is 0. The van der Waals surface area contributed by atoms with Gasteiger partial charge in [-0.05, 0) is 0 Å². The van der Waals surface area contributed by atoms with Crippen LogP contribution < -0.4 is 29.6 Å². The van der Waals surface area contributed by atoms with Gasteiger partial charge in [0, 0.05) is 0 Å². The third-order valence-electron chi connectivity index (χ3n) is 0.134. The van der Waals surface area contributed by atoms with E-state index < -0.39 is 12.5 Å². The van der Waals surface area contributed by atoms with Crippen LogP contribution in [0.2, 0.25) is 0 Å². The minimum atomic E-state index is -4.64. The Morgan fingerprint density at radius 1 is 1.43 bits per heavy atom. The van der Waals surface area contributed by atoms with Gasteiger partial charge < -0.3 is 1.43 Å². The van der Waals surface area contributed by atoms with Crippen molar-refractivity contribution in [1.82, 2.24) is 0 Å². The summed E-state index contributed by atoms with van der Waals surface area (Å²) in [5, 5.41) is 0. The number of hydrogen-bond donors (Lipinski definition) is 0. The van der Waals surface area contributed by atoms with Crippen molar-refractivity contribution >= 4 is 6.29 Å². The molecular weight excluding hydrogens is 120 g/mol. The number of halogens is 3. The maximum Gasteiger partial charge on any atom is 1.00 e. The molecule has 0 saturated heterocycles. The quantitative estimate of drug-likeness (QED) is 0.265. The van der Waals surface area contributed by atoms with Crippen molar-refractivity contribution < 1.29 is 48.9 Å². The molecule has 0 fully saturated rings. The largest absolute Gasteiger partial charge is 1.00 e. The molecular formula is C2H2F3NaO. The van der Waals surface area contributed by atoms with Crippen molar-refractivity contribution in [2.45, 2.75) is 6.18 Å². The predicted octanol–water partition coefficient (Wildman–Crippen LogP) is -2.14. The zero-order valence-corrected chi connectivity index (χ0v) is 5.62. The molecule has 0 aliphatic carbocycles. The van der Waals surface area contributed by atoms with Crippen LogP contribution in [0, 0.1) is 0 Å². The van der Waals surface area contributed by atoms with E-state index in [9.17, 15) is 13.2 Å². The molecule has 0 radical (unpaired) electrons. The Balaban J connectivity index is -0.000000125. The van der Waals surface area contributed by atoms with Crippen LogP contribution in [0.25, 0.3) is 0 Å². The first-order chi connectivity index (χ1) is 2.56. The summed E-state index contributed by atoms with van der Waals surface area (Å²) >= 11 is 0. The fourth-order valence-corrected chi connectivity index (χ4v) is 0. The van der Waals surface area contributed by atoms with Crippen LogP contribution in [0.1, 0.15) is 1.43 Å². The van der Waals surface area contributed by atoms with E-state index in [2.05, 4.69) is 0 Å². The summed E-state index contributed by atoms with van der Waals surface area (Å²) in [5.41, 5.74) is 0. The second kappa shape index (κ2) is 3.46. The third kappa shape index (κ3) is 10.7. The standard InChI is InChI=1S/C2HF3O.Na.H/c3-2(4,5)1-6;;/h1H;;/q;+1;-1. The normalized spacial score (nSPS) is 9.57. The number of hydrogen-bond acceptors (Lipinski definition) is 1. The molecule has 0 saturated carbocycles. The Kier molecular flexibility index (Phi) is 5.16. The Labute approximate surface area is 61.7 Å².